The van der Waals surface area contributed by atoms with E-state index in [1.807, 2.05) is 0 Å². The smallest absolute Gasteiger partial charge is 0.252 e. The van der Waals surface area contributed by atoms with Gasteiger partial charge in [0.15, 0.2) is 0 Å². The van der Waals surface area contributed by atoms with Crippen LogP contribution in [0.5, 0.6) is 23.0 Å². The Bertz CT molecular complexity index is 3490. The second kappa shape index (κ2) is 12.2. The largest absolute Gasteiger partial charge is 0.458 e. The van der Waals surface area contributed by atoms with Crippen molar-refractivity contribution >= 4 is 126 Å². The lowest BCUT2D eigenvalue weighted by Crippen LogP contribution is -2.58. The van der Waals surface area contributed by atoms with Crippen LogP contribution in [0.4, 0.5) is 0 Å². The molecule has 0 amide bonds. The summed E-state index contributed by atoms with van der Waals surface area (Å²) in [7, 11) is 0. The van der Waals surface area contributed by atoms with Crippen LogP contribution in [0, 0.1) is 0 Å². The van der Waals surface area contributed by atoms with E-state index in [-0.39, 0.29) is 24.3 Å². The molecule has 7 heteroatoms. The van der Waals surface area contributed by atoms with E-state index in [2.05, 4.69) is 205 Å². The summed E-state index contributed by atoms with van der Waals surface area (Å²) < 4.78 is 16.9. The summed E-state index contributed by atoms with van der Waals surface area (Å²) in [6.07, 6.45) is 0. The van der Waals surface area contributed by atoms with E-state index in [4.69, 9.17) is 9.47 Å². The molecule has 61 heavy (non-hydrogen) atoms. The normalized spacial score (nSPS) is 14.2. The van der Waals surface area contributed by atoms with Gasteiger partial charge in [0.2, 0.25) is 0 Å². The number of benzene rings is 9. The van der Waals surface area contributed by atoms with E-state index in [0.29, 0.717) is 0 Å². The lowest BCUT2D eigenvalue weighted by atomic mass is 9.31. The van der Waals surface area contributed by atoms with Crippen LogP contribution in [0.1, 0.15) is 52.7 Å². The topological polar surface area (TPSA) is 18.5 Å². The first-order chi connectivity index (χ1) is 29.2. The monoisotopic (exact) mass is 976 g/mol. The summed E-state index contributed by atoms with van der Waals surface area (Å²) in [5, 5.41) is 8.16. The highest BCUT2D eigenvalue weighted by molar-refractivity contribution is 9.11. The minimum absolute atomic E-state index is 0.00815. The average Bonchev–Trinajstić information content (AvgIpc) is 3.21. The zero-order chi connectivity index (χ0) is 41.6. The van der Waals surface area contributed by atoms with E-state index in [0.717, 1.165) is 42.0 Å². The maximum absolute atomic E-state index is 7.01. The standard InChI is InChI=1S/C54H37B2Br3O2/c1-53(2,3)37-23-32-34-18-30(59)21-46-52(34)56(40-15-13-28(57)19-44(40)61-46)42-25-36-38(54(4,5)6)22-31-33-17-29(58)20-45-51(33)55(41-24-35(37)50(48(32)42)49(36)47(31)41)39-14-12-27(16-43(39)60-45)26-10-8-7-9-11-26/h7-25H,1-6H3. The minimum atomic E-state index is -0.152. The molecule has 0 unspecified atom stereocenters. The molecule has 4 heterocycles. The number of fused-ring (bicyclic) bond motifs is 8. The second-order valence-electron chi connectivity index (χ2n) is 19.6. The van der Waals surface area contributed by atoms with E-state index >= 15 is 0 Å². The molecule has 0 N–H and O–H groups in total. The summed E-state index contributed by atoms with van der Waals surface area (Å²) >= 11 is 11.7. The molecule has 2 nitrogen and oxygen atoms in total. The third-order valence-corrected chi connectivity index (χ3v) is 15.3. The molecule has 0 atom stereocenters. The summed E-state index contributed by atoms with van der Waals surface area (Å²) in [5.41, 5.74) is 17.4. The maximum atomic E-state index is 7.01. The first kappa shape index (κ1) is 36.8. The van der Waals surface area contributed by atoms with Crippen LogP contribution in [0.3, 0.4) is 0 Å². The van der Waals surface area contributed by atoms with Gasteiger partial charge in [-0.25, -0.2) is 0 Å². The van der Waals surface area contributed by atoms with Crippen molar-refractivity contribution in [3.05, 3.63) is 140 Å². The van der Waals surface area contributed by atoms with Crippen molar-refractivity contribution in [1.29, 1.82) is 0 Å². The summed E-state index contributed by atoms with van der Waals surface area (Å²) in [6.45, 7) is 14.3. The highest BCUT2D eigenvalue weighted by atomic mass is 79.9. The van der Waals surface area contributed by atoms with Gasteiger partial charge in [0.25, 0.3) is 13.4 Å². The molecule has 0 spiro atoms. The van der Waals surface area contributed by atoms with E-state index in [1.54, 1.807) is 0 Å². The van der Waals surface area contributed by atoms with Crippen LogP contribution in [0.25, 0.3) is 65.7 Å². The fourth-order valence-electron chi connectivity index (χ4n) is 11.5. The van der Waals surface area contributed by atoms with Gasteiger partial charge in [0, 0.05) is 13.4 Å². The minimum Gasteiger partial charge on any atom is -0.458 e. The van der Waals surface area contributed by atoms with Crippen molar-refractivity contribution < 1.29 is 9.47 Å². The molecule has 9 aromatic rings. The number of hydrogen-bond acceptors (Lipinski definition) is 2. The van der Waals surface area contributed by atoms with E-state index in [1.165, 1.54) is 104 Å². The molecule has 0 bridgehead atoms. The molecule has 0 fully saturated rings. The number of halogens is 3. The number of rotatable bonds is 1. The Morgan fingerprint density at radius 3 is 1.38 bits per heavy atom. The zero-order valence-corrected chi connectivity index (χ0v) is 39.3. The van der Waals surface area contributed by atoms with Gasteiger partial charge in [-0.2, -0.15) is 0 Å². The molecule has 292 valence electrons. The van der Waals surface area contributed by atoms with Crippen LogP contribution in [0.15, 0.2) is 129 Å². The summed E-state index contributed by atoms with van der Waals surface area (Å²) in [4.78, 5) is 0. The second-order valence-corrected chi connectivity index (χ2v) is 22.3. The lowest BCUT2D eigenvalue weighted by molar-refractivity contribution is 0.487. The highest BCUT2D eigenvalue weighted by Gasteiger charge is 2.45. The van der Waals surface area contributed by atoms with Crippen molar-refractivity contribution in [2.45, 2.75) is 52.4 Å². The Hall–Kier alpha value is -4.81. The maximum Gasteiger partial charge on any atom is 0.252 e. The molecule has 4 aliphatic rings. The number of ether oxygens (including phenoxy) is 2. The van der Waals surface area contributed by atoms with Gasteiger partial charge in [0.05, 0.1) is 0 Å². The average molecular weight is 979 g/mol. The Morgan fingerprint density at radius 2 is 0.869 bits per heavy atom. The zero-order valence-electron chi connectivity index (χ0n) is 34.6. The van der Waals surface area contributed by atoms with Crippen LogP contribution < -0.4 is 42.3 Å². The first-order valence-electron chi connectivity index (χ1n) is 21.1. The fourth-order valence-corrected chi connectivity index (χ4v) is 12.7. The van der Waals surface area contributed by atoms with Gasteiger partial charge in [0.1, 0.15) is 23.0 Å². The molecule has 4 aliphatic heterocycles. The van der Waals surface area contributed by atoms with Gasteiger partial charge < -0.3 is 9.47 Å². The molecular weight excluding hydrogens is 942 g/mol. The lowest BCUT2D eigenvalue weighted by Gasteiger charge is -2.39. The molecule has 13 rings (SSSR count). The van der Waals surface area contributed by atoms with E-state index < -0.39 is 0 Å². The SMILES string of the molecule is CC(C)(C)c1cc2c3c(cc4c(C(C)(C)C)cc5c6c(cc1c3c46)B1c3ccc(-c4ccccc4)cc3Oc3cc(Br)cc-5c31)B1c3ccc(Br)cc3Oc3cc(Br)cc-2c31. The van der Waals surface area contributed by atoms with Gasteiger partial charge in [-0.3, -0.25) is 0 Å². The highest BCUT2D eigenvalue weighted by Crippen LogP contribution is 2.51. The van der Waals surface area contributed by atoms with Crippen LogP contribution in [-0.4, -0.2) is 13.4 Å². The van der Waals surface area contributed by atoms with Crippen molar-refractivity contribution in [1.82, 2.24) is 0 Å². The van der Waals surface area contributed by atoms with Crippen molar-refractivity contribution in [3.8, 4) is 56.4 Å². The third-order valence-electron chi connectivity index (χ3n) is 13.9. The Labute approximate surface area is 381 Å². The molecular formula is C54H37B2Br3O2. The molecule has 0 saturated carbocycles. The van der Waals surface area contributed by atoms with Crippen LogP contribution >= 0.6 is 47.8 Å². The van der Waals surface area contributed by atoms with Gasteiger partial charge >= 0.3 is 0 Å². The fraction of sp³-hybridized carbons (Fsp3) is 0.148. The van der Waals surface area contributed by atoms with Gasteiger partial charge in [-0.1, -0.05) is 161 Å². The molecule has 0 aromatic heterocycles. The number of hydrogen-bond donors (Lipinski definition) is 0. The molecule has 9 aromatic carbocycles. The molecule has 0 aliphatic carbocycles. The van der Waals surface area contributed by atoms with Crippen molar-refractivity contribution in [2.75, 3.05) is 0 Å². The van der Waals surface area contributed by atoms with Crippen molar-refractivity contribution in [3.63, 3.8) is 0 Å². The third kappa shape index (κ3) is 4.97. The van der Waals surface area contributed by atoms with E-state index in [9.17, 15) is 0 Å². The first-order valence-corrected chi connectivity index (χ1v) is 23.5. The molecule has 0 radical (unpaired) electrons. The van der Waals surface area contributed by atoms with Gasteiger partial charge in [-0.05, 0) is 164 Å². The summed E-state index contributed by atoms with van der Waals surface area (Å²) in [5.74, 6) is 3.67. The molecule has 0 saturated heterocycles. The predicted molar refractivity (Wildman–Crippen MR) is 269 cm³/mol. The van der Waals surface area contributed by atoms with Crippen LogP contribution in [0.2, 0.25) is 0 Å². The quantitative estimate of drug-likeness (QED) is 0.121. The van der Waals surface area contributed by atoms with Crippen LogP contribution in [-0.2, 0) is 10.8 Å². The summed E-state index contributed by atoms with van der Waals surface area (Å²) in [6, 6.07) is 43.3. The predicted octanol–water partition coefficient (Wildman–Crippen LogP) is 12.3. The van der Waals surface area contributed by atoms with Crippen molar-refractivity contribution in [2.24, 2.45) is 0 Å². The Balaban J connectivity index is 1.23. The van der Waals surface area contributed by atoms with Gasteiger partial charge in [-0.15, -0.1) is 0 Å². The Morgan fingerprint density at radius 1 is 0.393 bits per heavy atom. The Kier molecular flexibility index (Phi) is 7.37.